The first kappa shape index (κ1) is 19.0. The topological polar surface area (TPSA) is 15.6 Å². The summed E-state index contributed by atoms with van der Waals surface area (Å²) in [4.78, 5) is 12.6. The first-order chi connectivity index (χ1) is 14.6. The van der Waals surface area contributed by atoms with Crippen molar-refractivity contribution >= 4 is 28.0 Å². The molecule has 1 aliphatic heterocycles. The maximum Gasteiger partial charge on any atom is 0.0769 e. The van der Waals surface area contributed by atoms with Crippen molar-refractivity contribution < 1.29 is 0 Å². The minimum absolute atomic E-state index is 1.03. The summed E-state index contributed by atoms with van der Waals surface area (Å²) in [7, 11) is 2.54. The van der Waals surface area contributed by atoms with Gasteiger partial charge in [-0.15, -0.1) is 10.0 Å². The number of hydrogen-bond acceptors (Lipinski definition) is 2. The van der Waals surface area contributed by atoms with E-state index in [-0.39, 0.29) is 0 Å². The molecule has 3 aromatic carbocycles. The zero-order valence-corrected chi connectivity index (χ0v) is 18.3. The molecule has 5 rings (SSSR count). The summed E-state index contributed by atoms with van der Waals surface area (Å²) in [5.41, 5.74) is 2.27. The minimum Gasteiger partial charge on any atom is -0.378 e. The van der Waals surface area contributed by atoms with Gasteiger partial charge in [0.05, 0.1) is 11.0 Å². The summed E-state index contributed by atoms with van der Waals surface area (Å²) in [5, 5.41) is 2.09. The van der Waals surface area contributed by atoms with Crippen LogP contribution in [0.1, 0.15) is 12.8 Å². The Morgan fingerprint density at radius 1 is 0.900 bits per heavy atom. The maximum absolute atomic E-state index is 5.09. The van der Waals surface area contributed by atoms with Crippen molar-refractivity contribution in [1.29, 1.82) is 0 Å². The van der Waals surface area contributed by atoms with Crippen LogP contribution in [0.4, 0.5) is 11.4 Å². The summed E-state index contributed by atoms with van der Waals surface area (Å²) < 4.78 is 0. The molecular weight excluding hydrogens is 384 g/mol. The van der Waals surface area contributed by atoms with E-state index in [0.717, 1.165) is 29.1 Å². The minimum atomic E-state index is -1.66. The molecule has 0 spiro atoms. The Morgan fingerprint density at radius 2 is 1.73 bits per heavy atom. The van der Waals surface area contributed by atoms with Gasteiger partial charge < -0.3 is 4.90 Å². The van der Waals surface area contributed by atoms with Gasteiger partial charge >= 0.3 is 0 Å². The summed E-state index contributed by atoms with van der Waals surface area (Å²) >= 11 is 0. The summed E-state index contributed by atoms with van der Waals surface area (Å²) in [5.74, 6) is 0. The van der Waals surface area contributed by atoms with E-state index in [4.69, 9.17) is 4.99 Å². The summed E-state index contributed by atoms with van der Waals surface area (Å²) in [6, 6.07) is 24.2. The Hall–Kier alpha value is -3.04. The van der Waals surface area contributed by atoms with Crippen molar-refractivity contribution in [3.8, 4) is 0 Å². The molecular formula is C27H26N2S. The number of fused-ring (bicyclic) bond motifs is 2. The van der Waals surface area contributed by atoms with E-state index in [1.54, 1.807) is 0 Å². The molecule has 150 valence electrons. The zero-order valence-electron chi connectivity index (χ0n) is 17.5. The fourth-order valence-corrected chi connectivity index (χ4v) is 8.59. The van der Waals surface area contributed by atoms with E-state index in [1.165, 1.54) is 25.3 Å². The average Bonchev–Trinajstić information content (AvgIpc) is 2.78. The molecule has 0 N–H and O–H groups in total. The van der Waals surface area contributed by atoms with Crippen LogP contribution in [0.25, 0.3) is 6.58 Å². The number of rotatable bonds is 3. The average molecular weight is 411 g/mol. The Balaban J connectivity index is 1.99. The predicted molar refractivity (Wildman–Crippen MR) is 128 cm³/mol. The number of nitrogens with zero attached hydrogens (tertiary/aromatic N) is 2. The van der Waals surface area contributed by atoms with Crippen LogP contribution in [0.15, 0.2) is 110 Å². The lowest BCUT2D eigenvalue weighted by Gasteiger charge is -2.45. The second kappa shape index (κ2) is 7.33. The molecule has 0 saturated heterocycles. The lowest BCUT2D eigenvalue weighted by Crippen LogP contribution is -2.23. The molecule has 3 heteroatoms. The van der Waals surface area contributed by atoms with Crippen LogP contribution >= 0.6 is 10.0 Å². The maximum atomic E-state index is 5.09. The first-order valence-electron chi connectivity index (χ1n) is 10.3. The highest BCUT2D eigenvalue weighted by Gasteiger charge is 2.39. The van der Waals surface area contributed by atoms with E-state index in [0.29, 0.717) is 0 Å². The smallest absolute Gasteiger partial charge is 0.0769 e. The predicted octanol–water partition coefficient (Wildman–Crippen LogP) is 5.94. The third kappa shape index (κ3) is 2.85. The highest BCUT2D eigenvalue weighted by Crippen LogP contribution is 2.75. The van der Waals surface area contributed by atoms with Crippen LogP contribution in [-0.2, 0) is 0 Å². The van der Waals surface area contributed by atoms with E-state index >= 15 is 0 Å². The standard InChI is InChI=1S/C27H26N2S/c1-20-14-16-24-26(18-20)30(22-10-6-4-7-11-22,23-12-8-5-9-13-23)27-19-21(29(2)3)15-17-25(27)28-24/h4,6-8,10-19H,1,5,9H2,2-3H3. The number of hydrogen-bond donors (Lipinski definition) is 0. The van der Waals surface area contributed by atoms with Crippen molar-refractivity contribution in [1.82, 2.24) is 0 Å². The molecule has 1 atom stereocenters. The largest absolute Gasteiger partial charge is 0.378 e. The molecule has 2 aliphatic rings. The molecule has 0 saturated carbocycles. The molecule has 30 heavy (non-hydrogen) atoms. The van der Waals surface area contributed by atoms with Crippen LogP contribution < -0.4 is 15.5 Å². The molecule has 2 nitrogen and oxygen atoms in total. The Kier molecular flexibility index (Phi) is 4.63. The van der Waals surface area contributed by atoms with Gasteiger partial charge in [0, 0.05) is 34.5 Å². The van der Waals surface area contributed by atoms with Crippen molar-refractivity contribution in [3.05, 3.63) is 100 Å². The Labute approximate surface area is 179 Å². The monoisotopic (exact) mass is 410 g/mol. The number of allylic oxidation sites excluding steroid dienone is 3. The normalized spacial score (nSPS) is 21.5. The van der Waals surface area contributed by atoms with Crippen LogP contribution in [0.2, 0.25) is 0 Å². The van der Waals surface area contributed by atoms with Gasteiger partial charge in [-0.25, -0.2) is 4.99 Å². The third-order valence-corrected chi connectivity index (χ3v) is 9.76. The molecule has 0 bridgehead atoms. The van der Waals surface area contributed by atoms with Crippen molar-refractivity contribution in [2.24, 2.45) is 4.99 Å². The lowest BCUT2D eigenvalue weighted by molar-refractivity contribution is 1.03. The zero-order chi connectivity index (χ0) is 20.7. The molecule has 0 aromatic heterocycles. The molecule has 0 fully saturated rings. The van der Waals surface area contributed by atoms with Crippen LogP contribution in [-0.4, -0.2) is 14.1 Å². The fraction of sp³-hybridized carbons (Fsp3) is 0.148. The molecule has 1 unspecified atom stereocenters. The molecule has 0 amide bonds. The Bertz CT molecular complexity index is 1290. The van der Waals surface area contributed by atoms with Gasteiger partial charge in [0.1, 0.15) is 0 Å². The number of anilines is 1. The van der Waals surface area contributed by atoms with Gasteiger partial charge in [-0.05, 0) is 65.4 Å². The SMILES string of the molecule is C=c1ccc2c(c1)S(C1=CCCC=C1)(c1ccccc1)c1cc(N(C)C)ccc1N=2. The van der Waals surface area contributed by atoms with Gasteiger partial charge in [-0.1, -0.05) is 49.1 Å². The summed E-state index contributed by atoms with van der Waals surface area (Å²) in [6.07, 6.45) is 9.29. The van der Waals surface area contributed by atoms with Crippen LogP contribution in [0.3, 0.4) is 0 Å². The van der Waals surface area contributed by atoms with Gasteiger partial charge in [-0.2, -0.15) is 0 Å². The van der Waals surface area contributed by atoms with Gasteiger partial charge in [0.15, 0.2) is 0 Å². The van der Waals surface area contributed by atoms with Crippen LogP contribution in [0.5, 0.6) is 0 Å². The fourth-order valence-electron chi connectivity index (χ4n) is 4.35. The van der Waals surface area contributed by atoms with E-state index < -0.39 is 10.0 Å². The van der Waals surface area contributed by atoms with Crippen molar-refractivity contribution in [3.63, 3.8) is 0 Å². The molecule has 3 aromatic rings. The van der Waals surface area contributed by atoms with E-state index in [9.17, 15) is 0 Å². The quantitative estimate of drug-likeness (QED) is 0.521. The van der Waals surface area contributed by atoms with E-state index in [2.05, 4.69) is 111 Å². The second-order valence-corrected chi connectivity index (χ2v) is 11.0. The van der Waals surface area contributed by atoms with Gasteiger partial charge in [-0.3, -0.25) is 0 Å². The molecule has 0 radical (unpaired) electrons. The third-order valence-electron chi connectivity index (χ3n) is 5.80. The van der Waals surface area contributed by atoms with E-state index in [1.807, 2.05) is 0 Å². The molecule has 1 aliphatic carbocycles. The second-order valence-electron chi connectivity index (χ2n) is 7.97. The van der Waals surface area contributed by atoms with Gasteiger partial charge in [0.25, 0.3) is 0 Å². The number of benzene rings is 3. The lowest BCUT2D eigenvalue weighted by atomic mass is 10.2. The highest BCUT2D eigenvalue weighted by atomic mass is 32.3. The molecule has 1 heterocycles. The van der Waals surface area contributed by atoms with Crippen molar-refractivity contribution in [2.45, 2.75) is 27.5 Å². The first-order valence-corrected chi connectivity index (χ1v) is 12.0. The highest BCUT2D eigenvalue weighted by molar-refractivity contribution is 8.37. The summed E-state index contributed by atoms with van der Waals surface area (Å²) in [6.45, 7) is 4.26. The van der Waals surface area contributed by atoms with Gasteiger partial charge in [0.2, 0.25) is 0 Å². The van der Waals surface area contributed by atoms with Crippen LogP contribution in [0, 0.1) is 0 Å². The van der Waals surface area contributed by atoms with Crippen molar-refractivity contribution in [2.75, 3.05) is 19.0 Å². The Morgan fingerprint density at radius 3 is 2.47 bits per heavy atom.